The first-order valence-corrected chi connectivity index (χ1v) is 8.65. The highest BCUT2D eigenvalue weighted by Crippen LogP contribution is 2.52. The predicted molar refractivity (Wildman–Crippen MR) is 82.0 cm³/mol. The molecule has 2 aliphatic rings. The molecule has 1 saturated carbocycles. The minimum Gasteiger partial charge on any atom is -0.481 e. The number of carboxylic acid groups (broad SMARTS) is 1. The molecule has 1 heterocycles. The van der Waals surface area contributed by atoms with E-state index in [4.69, 9.17) is 5.11 Å². The van der Waals surface area contributed by atoms with Crippen LogP contribution in [-0.4, -0.2) is 22.6 Å². The molecule has 1 aliphatic carbocycles. The number of benzene rings is 1. The van der Waals surface area contributed by atoms with E-state index in [0.29, 0.717) is 5.92 Å². The van der Waals surface area contributed by atoms with Gasteiger partial charge in [0.15, 0.2) is 0 Å². The maximum Gasteiger partial charge on any atom is 0.304 e. The summed E-state index contributed by atoms with van der Waals surface area (Å²) in [6.45, 7) is 0. The van der Waals surface area contributed by atoms with Crippen molar-refractivity contribution in [1.29, 1.82) is 0 Å². The molecule has 0 aromatic heterocycles. The Bertz CT molecular complexity index is 505. The lowest BCUT2D eigenvalue weighted by molar-refractivity contribution is -0.137. The average Bonchev–Trinajstić information content (AvgIpc) is 2.93. The molecule has 102 valence electrons. The molecule has 1 unspecified atom stereocenters. The van der Waals surface area contributed by atoms with Crippen molar-refractivity contribution in [3.63, 3.8) is 0 Å². The molecule has 1 aromatic rings. The number of rotatable bonds is 4. The monoisotopic (exact) mass is 340 g/mol. The molecule has 2 nitrogen and oxygen atoms in total. The Balaban J connectivity index is 1.85. The van der Waals surface area contributed by atoms with Crippen LogP contribution in [0.5, 0.6) is 0 Å². The van der Waals surface area contributed by atoms with Crippen LogP contribution in [0.1, 0.15) is 42.7 Å². The van der Waals surface area contributed by atoms with Gasteiger partial charge in [-0.25, -0.2) is 0 Å². The van der Waals surface area contributed by atoms with Crippen LogP contribution in [0.15, 0.2) is 22.7 Å². The Labute approximate surface area is 126 Å². The number of halogens is 1. The SMILES string of the molecule is O=C(O)CC1(c2ccc(C3CCSC3)c(Br)c2)CC1. The summed E-state index contributed by atoms with van der Waals surface area (Å²) in [7, 11) is 0. The van der Waals surface area contributed by atoms with Gasteiger partial charge in [0.1, 0.15) is 0 Å². The third kappa shape index (κ3) is 2.70. The van der Waals surface area contributed by atoms with Crippen molar-refractivity contribution in [2.45, 2.75) is 37.0 Å². The molecule has 1 aliphatic heterocycles. The van der Waals surface area contributed by atoms with Gasteiger partial charge in [-0.1, -0.05) is 28.1 Å². The van der Waals surface area contributed by atoms with E-state index in [9.17, 15) is 4.79 Å². The van der Waals surface area contributed by atoms with Gasteiger partial charge in [0.2, 0.25) is 0 Å². The van der Waals surface area contributed by atoms with E-state index in [0.717, 1.165) is 17.3 Å². The quantitative estimate of drug-likeness (QED) is 0.893. The smallest absolute Gasteiger partial charge is 0.304 e. The zero-order valence-electron chi connectivity index (χ0n) is 10.7. The molecule has 0 bridgehead atoms. The highest BCUT2D eigenvalue weighted by Gasteiger charge is 2.46. The second-order valence-corrected chi connectivity index (χ2v) is 7.65. The minimum atomic E-state index is -0.690. The van der Waals surface area contributed by atoms with Gasteiger partial charge in [0.05, 0.1) is 6.42 Å². The van der Waals surface area contributed by atoms with E-state index in [1.807, 2.05) is 11.8 Å². The Kier molecular flexibility index (Phi) is 3.65. The van der Waals surface area contributed by atoms with E-state index >= 15 is 0 Å². The van der Waals surface area contributed by atoms with Crippen molar-refractivity contribution in [3.05, 3.63) is 33.8 Å². The number of hydrogen-bond acceptors (Lipinski definition) is 2. The lowest BCUT2D eigenvalue weighted by Crippen LogP contribution is -2.13. The molecular weight excluding hydrogens is 324 g/mol. The molecule has 1 N–H and O–H groups in total. The molecular formula is C15H17BrO2S. The lowest BCUT2D eigenvalue weighted by atomic mass is 9.89. The van der Waals surface area contributed by atoms with Gasteiger partial charge in [0, 0.05) is 15.6 Å². The molecule has 1 saturated heterocycles. The van der Waals surface area contributed by atoms with Crippen LogP contribution in [0.3, 0.4) is 0 Å². The first kappa shape index (κ1) is 13.5. The highest BCUT2D eigenvalue weighted by molar-refractivity contribution is 9.10. The molecule has 1 atom stereocenters. The second kappa shape index (κ2) is 5.13. The van der Waals surface area contributed by atoms with Crippen molar-refractivity contribution in [2.24, 2.45) is 0 Å². The molecule has 0 amide bonds. The second-order valence-electron chi connectivity index (χ2n) is 5.65. The first-order valence-electron chi connectivity index (χ1n) is 6.70. The number of carboxylic acids is 1. The average molecular weight is 341 g/mol. The molecule has 0 spiro atoms. The van der Waals surface area contributed by atoms with Gasteiger partial charge in [-0.2, -0.15) is 11.8 Å². The Morgan fingerprint density at radius 3 is 2.79 bits per heavy atom. The van der Waals surface area contributed by atoms with Gasteiger partial charge in [-0.15, -0.1) is 0 Å². The van der Waals surface area contributed by atoms with E-state index in [2.05, 4.69) is 34.1 Å². The normalized spacial score (nSPS) is 24.4. The van der Waals surface area contributed by atoms with Crippen LogP contribution < -0.4 is 0 Å². The summed E-state index contributed by atoms with van der Waals surface area (Å²) in [5.74, 6) is 2.42. The zero-order valence-corrected chi connectivity index (χ0v) is 13.1. The summed E-state index contributed by atoms with van der Waals surface area (Å²) >= 11 is 5.70. The van der Waals surface area contributed by atoms with Crippen molar-refractivity contribution < 1.29 is 9.90 Å². The van der Waals surface area contributed by atoms with E-state index in [-0.39, 0.29) is 11.8 Å². The van der Waals surface area contributed by atoms with Crippen LogP contribution in [-0.2, 0) is 10.2 Å². The molecule has 19 heavy (non-hydrogen) atoms. The third-order valence-electron chi connectivity index (χ3n) is 4.33. The largest absolute Gasteiger partial charge is 0.481 e. The van der Waals surface area contributed by atoms with Crippen molar-refractivity contribution in [1.82, 2.24) is 0 Å². The standard InChI is InChI=1S/C15H17BrO2S/c16-13-7-11(15(4-5-15)8-14(17)18)1-2-12(13)10-3-6-19-9-10/h1-2,7,10H,3-6,8-9H2,(H,17,18). The van der Waals surface area contributed by atoms with Gasteiger partial charge >= 0.3 is 5.97 Å². The first-order chi connectivity index (χ1) is 9.11. The molecule has 0 radical (unpaired) electrons. The zero-order chi connectivity index (χ0) is 13.5. The fraction of sp³-hybridized carbons (Fsp3) is 0.533. The van der Waals surface area contributed by atoms with Gasteiger partial charge in [-0.3, -0.25) is 4.79 Å². The summed E-state index contributed by atoms with van der Waals surface area (Å²) in [5, 5.41) is 9.03. The Morgan fingerprint density at radius 2 is 2.26 bits per heavy atom. The van der Waals surface area contributed by atoms with E-state index in [1.54, 1.807) is 0 Å². The van der Waals surface area contributed by atoms with Gasteiger partial charge < -0.3 is 5.11 Å². The number of carbonyl (C=O) groups is 1. The van der Waals surface area contributed by atoms with Crippen LogP contribution >= 0.6 is 27.7 Å². The van der Waals surface area contributed by atoms with E-state index < -0.39 is 5.97 Å². The van der Waals surface area contributed by atoms with Crippen molar-refractivity contribution in [2.75, 3.05) is 11.5 Å². The van der Waals surface area contributed by atoms with E-state index in [1.165, 1.54) is 29.1 Å². The number of hydrogen-bond donors (Lipinski definition) is 1. The van der Waals surface area contributed by atoms with Crippen LogP contribution in [0, 0.1) is 0 Å². The van der Waals surface area contributed by atoms with Crippen LogP contribution in [0.4, 0.5) is 0 Å². The summed E-state index contributed by atoms with van der Waals surface area (Å²) in [6.07, 6.45) is 3.52. The Morgan fingerprint density at radius 1 is 1.47 bits per heavy atom. The lowest BCUT2D eigenvalue weighted by Gasteiger charge is -2.17. The minimum absolute atomic E-state index is 0.0860. The fourth-order valence-electron chi connectivity index (χ4n) is 2.98. The summed E-state index contributed by atoms with van der Waals surface area (Å²) < 4.78 is 1.16. The maximum absolute atomic E-state index is 11.0. The number of aliphatic carboxylic acids is 1. The molecule has 4 heteroatoms. The topological polar surface area (TPSA) is 37.3 Å². The highest BCUT2D eigenvalue weighted by atomic mass is 79.9. The molecule has 2 fully saturated rings. The third-order valence-corrected chi connectivity index (χ3v) is 6.17. The van der Waals surface area contributed by atoms with Gasteiger partial charge in [0.25, 0.3) is 0 Å². The van der Waals surface area contributed by atoms with Crippen molar-refractivity contribution >= 4 is 33.7 Å². The summed E-state index contributed by atoms with van der Waals surface area (Å²) in [5.41, 5.74) is 2.49. The number of thioether (sulfide) groups is 1. The fourth-order valence-corrected chi connectivity index (χ4v) is 4.93. The predicted octanol–water partition coefficient (Wildman–Crippen LogP) is 4.18. The van der Waals surface area contributed by atoms with Crippen LogP contribution in [0.2, 0.25) is 0 Å². The Hall–Kier alpha value is -0.480. The molecule has 1 aromatic carbocycles. The maximum atomic E-state index is 11.0. The van der Waals surface area contributed by atoms with Crippen molar-refractivity contribution in [3.8, 4) is 0 Å². The summed E-state index contributed by atoms with van der Waals surface area (Å²) in [6, 6.07) is 6.52. The molecule has 3 rings (SSSR count). The summed E-state index contributed by atoms with van der Waals surface area (Å²) in [4.78, 5) is 11.0. The van der Waals surface area contributed by atoms with Gasteiger partial charge in [-0.05, 0) is 48.1 Å². The van der Waals surface area contributed by atoms with Crippen LogP contribution in [0.25, 0.3) is 0 Å².